The lowest BCUT2D eigenvalue weighted by Crippen LogP contribution is -2.79. The van der Waals surface area contributed by atoms with E-state index in [0.717, 1.165) is 48.7 Å². The van der Waals surface area contributed by atoms with Crippen molar-refractivity contribution >= 4 is 22.8 Å². The number of halogens is 1. The number of fused-ring (bicyclic) bond motifs is 1. The molecule has 212 valence electrons. The summed E-state index contributed by atoms with van der Waals surface area (Å²) in [4.78, 5) is 26.1. The molecule has 3 aliphatic heterocycles. The normalized spacial score (nSPS) is 25.4. The molecule has 4 aliphatic rings. The molecule has 3 saturated heterocycles. The number of nitriles is 1. The number of carboxylic acid groups (broad SMARTS) is 1. The van der Waals surface area contributed by atoms with Gasteiger partial charge in [0.25, 0.3) is 0 Å². The average Bonchev–Trinajstić information content (AvgIpc) is 3.59. The van der Waals surface area contributed by atoms with Gasteiger partial charge in [0.05, 0.1) is 65.0 Å². The Hall–Kier alpha value is -4.53. The third-order valence-corrected chi connectivity index (χ3v) is 9.29. The molecule has 8 rings (SSSR count). The van der Waals surface area contributed by atoms with E-state index in [1.807, 2.05) is 18.2 Å². The number of imidazole rings is 1. The van der Waals surface area contributed by atoms with Crippen molar-refractivity contribution in [3.63, 3.8) is 0 Å². The third-order valence-electron chi connectivity index (χ3n) is 9.29. The maximum Gasteiger partial charge on any atom is 0.335 e. The fourth-order valence-corrected chi connectivity index (χ4v) is 6.86. The first-order valence-electron chi connectivity index (χ1n) is 14.1. The van der Waals surface area contributed by atoms with Crippen LogP contribution in [0.4, 0.5) is 10.2 Å². The first kappa shape index (κ1) is 25.2. The molecule has 4 atom stereocenters. The van der Waals surface area contributed by atoms with Crippen molar-refractivity contribution in [3.05, 3.63) is 82.9 Å². The second kappa shape index (κ2) is 9.24. The van der Waals surface area contributed by atoms with Crippen molar-refractivity contribution in [1.29, 1.82) is 5.26 Å². The second-order valence-electron chi connectivity index (χ2n) is 11.5. The molecule has 3 unspecified atom stereocenters. The fourth-order valence-electron chi connectivity index (χ4n) is 6.86. The Kier molecular flexibility index (Phi) is 5.54. The minimum Gasteiger partial charge on any atom is -0.478 e. The molecule has 4 aromatic rings. The number of pyridine rings is 1. The summed E-state index contributed by atoms with van der Waals surface area (Å²) in [5.41, 5.74) is 2.65. The van der Waals surface area contributed by atoms with Crippen LogP contribution in [0.2, 0.25) is 0 Å². The van der Waals surface area contributed by atoms with Crippen molar-refractivity contribution in [2.75, 3.05) is 18.1 Å². The second-order valence-corrected chi connectivity index (χ2v) is 11.5. The molecule has 0 bridgehead atoms. The number of anilines is 1. The zero-order valence-corrected chi connectivity index (χ0v) is 22.6. The van der Waals surface area contributed by atoms with Gasteiger partial charge in [-0.1, -0.05) is 12.1 Å². The van der Waals surface area contributed by atoms with Crippen LogP contribution in [-0.4, -0.2) is 67.4 Å². The quantitative estimate of drug-likeness (QED) is 0.324. The molecule has 11 heteroatoms. The molecular formula is C31H27FN6O4. The van der Waals surface area contributed by atoms with E-state index in [4.69, 9.17) is 24.7 Å². The van der Waals surface area contributed by atoms with Crippen LogP contribution in [-0.2, 0) is 24.4 Å². The van der Waals surface area contributed by atoms with Gasteiger partial charge in [-0.3, -0.25) is 4.90 Å². The van der Waals surface area contributed by atoms with Crippen molar-refractivity contribution in [3.8, 4) is 11.9 Å². The zero-order valence-electron chi connectivity index (χ0n) is 22.6. The van der Waals surface area contributed by atoms with Crippen LogP contribution in [0, 0.1) is 17.1 Å². The average molecular weight is 567 g/mol. The van der Waals surface area contributed by atoms with E-state index in [1.165, 1.54) is 6.07 Å². The van der Waals surface area contributed by atoms with E-state index in [-0.39, 0.29) is 29.4 Å². The molecule has 2 aromatic heterocycles. The first-order valence-corrected chi connectivity index (χ1v) is 14.1. The van der Waals surface area contributed by atoms with Crippen LogP contribution in [0.3, 0.4) is 0 Å². The highest BCUT2D eigenvalue weighted by Gasteiger charge is 2.81. The molecule has 1 spiro atoms. The van der Waals surface area contributed by atoms with Gasteiger partial charge in [-0.2, -0.15) is 10.2 Å². The van der Waals surface area contributed by atoms with E-state index in [9.17, 15) is 14.3 Å². The van der Waals surface area contributed by atoms with Gasteiger partial charge in [-0.15, -0.1) is 0 Å². The molecule has 1 aliphatic carbocycles. The van der Waals surface area contributed by atoms with Crippen LogP contribution < -0.4 is 9.64 Å². The van der Waals surface area contributed by atoms with Gasteiger partial charge >= 0.3 is 5.97 Å². The summed E-state index contributed by atoms with van der Waals surface area (Å²) < 4.78 is 27.9. The number of piperazine rings is 1. The van der Waals surface area contributed by atoms with E-state index >= 15 is 0 Å². The number of hydrogen-bond donors (Lipinski definition) is 1. The number of likely N-dealkylation sites (tertiary alicyclic amines) is 1. The molecule has 0 amide bonds. The van der Waals surface area contributed by atoms with Crippen LogP contribution in [0.1, 0.15) is 40.2 Å². The Balaban J connectivity index is 0.969. The van der Waals surface area contributed by atoms with Gasteiger partial charge in [0.1, 0.15) is 24.1 Å². The maximum absolute atomic E-state index is 14.3. The zero-order chi connectivity index (χ0) is 28.6. The van der Waals surface area contributed by atoms with E-state index in [2.05, 4.69) is 14.4 Å². The Morgan fingerprint density at radius 2 is 2.07 bits per heavy atom. The summed E-state index contributed by atoms with van der Waals surface area (Å²) in [6, 6.07) is 17.8. The fraction of sp³-hybridized carbons (Fsp3) is 0.355. The van der Waals surface area contributed by atoms with Crippen molar-refractivity contribution in [2.45, 2.75) is 56.3 Å². The number of benzene rings is 2. The molecule has 42 heavy (non-hydrogen) atoms. The van der Waals surface area contributed by atoms with Gasteiger partial charge < -0.3 is 24.0 Å². The number of aromatic carboxylic acids is 1. The lowest BCUT2D eigenvalue weighted by atomic mass is 9.83. The van der Waals surface area contributed by atoms with Crippen LogP contribution in [0.5, 0.6) is 5.88 Å². The molecule has 10 nitrogen and oxygen atoms in total. The van der Waals surface area contributed by atoms with Gasteiger partial charge in [0, 0.05) is 24.8 Å². The predicted octanol–water partition coefficient (Wildman–Crippen LogP) is 3.72. The summed E-state index contributed by atoms with van der Waals surface area (Å²) in [6.45, 7) is 3.02. The number of nitrogens with zero attached hydrogens (tertiary/aromatic N) is 6. The summed E-state index contributed by atoms with van der Waals surface area (Å²) in [5, 5.41) is 18.5. The van der Waals surface area contributed by atoms with Crippen LogP contribution >= 0.6 is 0 Å². The summed E-state index contributed by atoms with van der Waals surface area (Å²) in [6.07, 6.45) is 2.16. The molecule has 2 aromatic carbocycles. The summed E-state index contributed by atoms with van der Waals surface area (Å²) >= 11 is 0. The SMILES string of the molecule is N#Cc1ccc(COc2cccc(N3C4CN(Cc5nc6ccc(C(=O)O)cc6n5C[C@@H]5CCO5)C45CC35)n2)c(F)c1. The number of carbonyl (C=O) groups is 1. The largest absolute Gasteiger partial charge is 0.478 e. The molecule has 5 heterocycles. The molecule has 0 radical (unpaired) electrons. The van der Waals surface area contributed by atoms with E-state index < -0.39 is 11.8 Å². The number of hydrogen-bond acceptors (Lipinski definition) is 8. The molecule has 1 N–H and O–H groups in total. The van der Waals surface area contributed by atoms with Crippen LogP contribution in [0.15, 0.2) is 54.6 Å². The number of aromatic nitrogens is 3. The Morgan fingerprint density at radius 3 is 2.81 bits per heavy atom. The first-order chi connectivity index (χ1) is 20.4. The Morgan fingerprint density at radius 1 is 1.19 bits per heavy atom. The highest BCUT2D eigenvalue weighted by atomic mass is 19.1. The highest BCUT2D eigenvalue weighted by molar-refractivity contribution is 5.92. The predicted molar refractivity (Wildman–Crippen MR) is 149 cm³/mol. The Bertz CT molecular complexity index is 1800. The van der Waals surface area contributed by atoms with Crippen molar-refractivity contribution in [2.24, 2.45) is 0 Å². The van der Waals surface area contributed by atoms with Crippen molar-refractivity contribution < 1.29 is 23.8 Å². The monoisotopic (exact) mass is 566 g/mol. The Labute approximate surface area is 240 Å². The van der Waals surface area contributed by atoms with Gasteiger partial charge in [0.2, 0.25) is 5.88 Å². The minimum atomic E-state index is -0.949. The topological polar surface area (TPSA) is 117 Å². The lowest BCUT2D eigenvalue weighted by Gasteiger charge is -2.62. The summed E-state index contributed by atoms with van der Waals surface area (Å²) in [7, 11) is 0. The highest BCUT2D eigenvalue weighted by Crippen LogP contribution is 2.66. The smallest absolute Gasteiger partial charge is 0.335 e. The molecule has 4 fully saturated rings. The maximum atomic E-state index is 14.3. The summed E-state index contributed by atoms with van der Waals surface area (Å²) in [5.74, 6) is 0.796. The molecule has 1 saturated carbocycles. The van der Waals surface area contributed by atoms with Gasteiger partial charge in [-0.05, 0) is 49.2 Å². The number of carboxylic acids is 1. The number of rotatable bonds is 9. The number of ether oxygens (including phenoxy) is 2. The third kappa shape index (κ3) is 3.79. The standard InChI is InChI=1S/C31H27FN6O4/c32-22-10-18(13-33)4-5-20(22)17-42-29-3-1-2-27(35-29)38-25-12-31(25)26(38)15-36(31)16-28-34-23-7-6-19(30(39)40)11-24(23)37(28)14-21-8-9-41-21/h1-7,10-11,21,25-26H,8-9,12,14-17H2,(H,39,40)/t21-,25?,26?,31?/m0/s1. The van der Waals surface area contributed by atoms with Gasteiger partial charge in [0.15, 0.2) is 0 Å². The van der Waals surface area contributed by atoms with E-state index in [0.29, 0.717) is 36.6 Å². The van der Waals surface area contributed by atoms with Crippen LogP contribution in [0.25, 0.3) is 11.0 Å². The van der Waals surface area contributed by atoms with Gasteiger partial charge in [-0.25, -0.2) is 14.2 Å². The van der Waals surface area contributed by atoms with E-state index in [1.54, 1.807) is 36.4 Å². The molecular weight excluding hydrogens is 539 g/mol. The van der Waals surface area contributed by atoms with Crippen molar-refractivity contribution in [1.82, 2.24) is 19.4 Å². The lowest BCUT2D eigenvalue weighted by molar-refractivity contribution is -0.0603. The minimum absolute atomic E-state index is 0.0272.